The largest absolute Gasteiger partial charge is 0.508 e. The van der Waals surface area contributed by atoms with E-state index in [1.165, 1.54) is 6.07 Å². The number of phenolic OH excluding ortho intramolecular Hbond substituents is 4. The van der Waals surface area contributed by atoms with E-state index in [9.17, 15) is 40.9 Å². The van der Waals surface area contributed by atoms with Gasteiger partial charge in [-0.2, -0.15) is 0 Å². The van der Waals surface area contributed by atoms with E-state index in [0.29, 0.717) is 39.5 Å². The van der Waals surface area contributed by atoms with Gasteiger partial charge in [0.05, 0.1) is 36.0 Å². The Morgan fingerprint density at radius 1 is 0.333 bits per heavy atom. The summed E-state index contributed by atoms with van der Waals surface area (Å²) in [6.45, 7) is 12.3. The van der Waals surface area contributed by atoms with E-state index in [2.05, 4.69) is 0 Å². The smallest absolute Gasteiger partial charge is 0.152 e. The lowest BCUT2D eigenvalue weighted by Crippen LogP contribution is -1.90. The van der Waals surface area contributed by atoms with Crippen LogP contribution in [0.5, 0.6) is 40.2 Å². The van der Waals surface area contributed by atoms with Crippen molar-refractivity contribution in [1.29, 1.82) is 0 Å². The first kappa shape index (κ1) is 55.7. The summed E-state index contributed by atoms with van der Waals surface area (Å²) in [7, 11) is 0. The molecule has 1 atom stereocenters. The summed E-state index contributed by atoms with van der Waals surface area (Å²) >= 11 is 11.7. The predicted octanol–water partition coefficient (Wildman–Crippen LogP) is 13.0. The number of halogens is 2. The number of benzene rings is 8. The number of hydrogen-bond donors (Lipinski definition) is 11. The van der Waals surface area contributed by atoms with E-state index >= 15 is 0 Å². The monoisotopic (exact) mass is 1010 g/mol. The molecule has 72 heavy (non-hydrogen) atoms. The van der Waals surface area contributed by atoms with E-state index < -0.39 is 6.10 Å². The first-order valence-corrected chi connectivity index (χ1v) is 23.5. The Kier molecular flexibility index (Phi) is 19.1. The molecule has 11 N–H and O–H groups in total. The van der Waals surface area contributed by atoms with Gasteiger partial charge >= 0.3 is 0 Å². The highest BCUT2D eigenvalue weighted by Crippen LogP contribution is 2.38. The van der Waals surface area contributed by atoms with Gasteiger partial charge in [-0.15, -0.1) is 0 Å². The van der Waals surface area contributed by atoms with Crippen LogP contribution in [-0.2, 0) is 19.8 Å². The summed E-state index contributed by atoms with van der Waals surface area (Å²) in [5.74, 6) is 1.00. The number of aliphatic hydroxyl groups excluding tert-OH is 4. The molecule has 8 aromatic rings. The van der Waals surface area contributed by atoms with Crippen molar-refractivity contribution in [3.05, 3.63) is 193 Å². The van der Waals surface area contributed by atoms with Gasteiger partial charge in [0.15, 0.2) is 5.75 Å². The van der Waals surface area contributed by atoms with Gasteiger partial charge in [0.25, 0.3) is 0 Å². The maximum atomic E-state index is 9.76. The molecule has 0 amide bonds. The molecule has 0 bridgehead atoms. The predicted molar refractivity (Wildman–Crippen MR) is 286 cm³/mol. The lowest BCUT2D eigenvalue weighted by molar-refractivity contribution is 0.199. The second-order valence-corrected chi connectivity index (χ2v) is 18.3. The average molecular weight is 1020 g/mol. The van der Waals surface area contributed by atoms with Crippen LogP contribution in [0.2, 0.25) is 10.0 Å². The molecule has 0 saturated carbocycles. The summed E-state index contributed by atoms with van der Waals surface area (Å²) in [6, 6.07) is 37.5. The fourth-order valence-electron chi connectivity index (χ4n) is 7.71. The normalized spacial score (nSPS) is 11.1. The molecule has 0 fully saturated rings. The van der Waals surface area contributed by atoms with Crippen molar-refractivity contribution in [2.24, 2.45) is 0 Å². The highest BCUT2D eigenvalue weighted by atomic mass is 35.5. The number of aromatic hydroxyl groups is 7. The quantitative estimate of drug-likeness (QED) is 0.0687. The molecule has 1 unspecified atom stereocenters. The lowest BCUT2D eigenvalue weighted by Gasteiger charge is -2.10. The number of phenols is 7. The molecular weight excluding hydrogens is 956 g/mol. The van der Waals surface area contributed by atoms with Crippen LogP contribution >= 0.6 is 23.2 Å². The van der Waals surface area contributed by atoms with Crippen LogP contribution in [0.25, 0.3) is 44.5 Å². The number of hydrogen-bond acceptors (Lipinski definition) is 11. The molecule has 11 nitrogen and oxygen atoms in total. The van der Waals surface area contributed by atoms with Gasteiger partial charge in [0.1, 0.15) is 34.5 Å². The Labute approximate surface area is 429 Å². The molecular formula is C59H60Cl2O11. The lowest BCUT2D eigenvalue weighted by atomic mass is 9.98. The van der Waals surface area contributed by atoms with Gasteiger partial charge in [-0.05, 0) is 211 Å². The van der Waals surface area contributed by atoms with Crippen molar-refractivity contribution < 1.29 is 56.2 Å². The molecule has 13 heteroatoms. The number of aryl methyl sites for hydroxylation is 6. The highest BCUT2D eigenvalue weighted by molar-refractivity contribution is 6.37. The summed E-state index contributed by atoms with van der Waals surface area (Å²) < 4.78 is 0. The minimum atomic E-state index is -0.442. The van der Waals surface area contributed by atoms with Gasteiger partial charge in [-0.1, -0.05) is 71.7 Å². The Hall–Kier alpha value is -7.22. The van der Waals surface area contributed by atoms with Crippen LogP contribution in [0.4, 0.5) is 0 Å². The summed E-state index contributed by atoms with van der Waals surface area (Å²) in [4.78, 5) is 0. The molecule has 0 saturated heterocycles. The molecule has 0 aliphatic carbocycles. The minimum Gasteiger partial charge on any atom is -0.508 e. The van der Waals surface area contributed by atoms with E-state index in [1.54, 1.807) is 61.5 Å². The zero-order chi connectivity index (χ0) is 53.1. The second-order valence-electron chi connectivity index (χ2n) is 17.5. The summed E-state index contributed by atoms with van der Waals surface area (Å²) in [5, 5.41) is 104. The SMILES string of the molecule is Cc1cc(-c2ccc(C(C)O)cc2)cc(C)c1O.Cc1cc(-c2ccc(CO)c(O)c2)cc(C)c1O.Cc1cc(-c2ccc(O)c(CO)c2)cc(C)c1O.OCc1cc(-c2cc(Cl)c(O)c(Cl)c2)ccc1O. The fourth-order valence-corrected chi connectivity index (χ4v) is 8.20. The Morgan fingerprint density at radius 3 is 0.972 bits per heavy atom. The van der Waals surface area contributed by atoms with Crippen LogP contribution in [0, 0.1) is 41.5 Å². The third kappa shape index (κ3) is 13.8. The maximum absolute atomic E-state index is 9.76. The fraction of sp³-hybridized carbons (Fsp3) is 0.186. The number of aliphatic hydroxyl groups is 4. The summed E-state index contributed by atoms with van der Waals surface area (Å²) in [6.07, 6.45) is -0.442. The molecule has 0 radical (unpaired) electrons. The van der Waals surface area contributed by atoms with Crippen molar-refractivity contribution in [1.82, 2.24) is 0 Å². The highest BCUT2D eigenvalue weighted by Gasteiger charge is 2.12. The first-order chi connectivity index (χ1) is 34.1. The van der Waals surface area contributed by atoms with Crippen molar-refractivity contribution >= 4 is 23.2 Å². The van der Waals surface area contributed by atoms with Crippen molar-refractivity contribution in [2.75, 3.05) is 0 Å². The average Bonchev–Trinajstić information content (AvgIpc) is 3.36. The molecule has 0 heterocycles. The Bertz CT molecular complexity index is 2980. The van der Waals surface area contributed by atoms with Gasteiger partial charge in [0, 0.05) is 16.7 Å². The van der Waals surface area contributed by atoms with Crippen LogP contribution in [-0.4, -0.2) is 56.2 Å². The van der Waals surface area contributed by atoms with Gasteiger partial charge in [0.2, 0.25) is 0 Å². The van der Waals surface area contributed by atoms with Gasteiger partial charge in [-0.25, -0.2) is 0 Å². The van der Waals surface area contributed by atoms with Crippen LogP contribution in [0.1, 0.15) is 68.7 Å². The maximum Gasteiger partial charge on any atom is 0.152 e. The second kappa shape index (κ2) is 24.8. The Morgan fingerprint density at radius 2 is 0.639 bits per heavy atom. The standard InChI is InChI=1S/C16H18O2.2C15H16O3.C13H10Cl2O3/c1-10-8-15(9-11(2)16(10)18)14-6-4-13(5-7-14)12(3)17;1-9-5-12(6-10(2)15(9)18)11-3-4-14(17)13(7-11)8-16;1-9-5-13(6-10(2)15(9)18)11-3-4-12(8-16)14(17)7-11;14-10-4-8(5-11(15)13(10)18)7-1-2-12(17)9(3-7)6-16/h4-9,12,17-18H,1-3H3;2*3-7,16-18H,8H2,1-2H3;1-5,16-18H,6H2. The van der Waals surface area contributed by atoms with Crippen LogP contribution in [0.3, 0.4) is 0 Å². The Balaban J connectivity index is 0.000000178. The molecule has 0 aliphatic rings. The molecule has 0 aliphatic heterocycles. The zero-order valence-electron chi connectivity index (χ0n) is 41.0. The third-order valence-electron chi connectivity index (χ3n) is 12.0. The third-order valence-corrected chi connectivity index (χ3v) is 12.5. The van der Waals surface area contributed by atoms with Gasteiger partial charge in [-0.3, -0.25) is 0 Å². The number of rotatable bonds is 8. The molecule has 0 aromatic heterocycles. The van der Waals surface area contributed by atoms with Gasteiger partial charge < -0.3 is 56.2 Å². The van der Waals surface area contributed by atoms with E-state index in [1.807, 2.05) is 108 Å². The zero-order valence-corrected chi connectivity index (χ0v) is 42.5. The molecule has 376 valence electrons. The topological polar surface area (TPSA) is 223 Å². The van der Waals surface area contributed by atoms with Crippen molar-refractivity contribution in [3.63, 3.8) is 0 Å². The first-order valence-electron chi connectivity index (χ1n) is 22.7. The van der Waals surface area contributed by atoms with Crippen molar-refractivity contribution in [3.8, 4) is 84.8 Å². The van der Waals surface area contributed by atoms with Crippen LogP contribution < -0.4 is 0 Å². The van der Waals surface area contributed by atoms with E-state index in [0.717, 1.165) is 77.9 Å². The molecule has 8 aromatic carbocycles. The van der Waals surface area contributed by atoms with E-state index in [-0.39, 0.29) is 52.9 Å². The van der Waals surface area contributed by atoms with Crippen molar-refractivity contribution in [2.45, 2.75) is 74.4 Å². The minimum absolute atomic E-state index is 0.0252. The molecule has 8 rings (SSSR count). The van der Waals surface area contributed by atoms with Crippen LogP contribution in [0.15, 0.2) is 127 Å². The summed E-state index contributed by atoms with van der Waals surface area (Å²) in [5.41, 5.74) is 14.6. The van der Waals surface area contributed by atoms with E-state index in [4.69, 9.17) is 38.5 Å². The molecule has 0 spiro atoms.